The summed E-state index contributed by atoms with van der Waals surface area (Å²) >= 11 is 3.46. The maximum absolute atomic E-state index is 12.2. The number of methoxy groups -OCH3 is 1. The summed E-state index contributed by atoms with van der Waals surface area (Å²) in [6.45, 7) is 1.75. The number of para-hydroxylation sites is 1. The number of halogens is 1. The summed E-state index contributed by atoms with van der Waals surface area (Å²) in [7, 11) is 1.37. The van der Waals surface area contributed by atoms with E-state index in [9.17, 15) is 4.79 Å². The van der Waals surface area contributed by atoms with Crippen molar-refractivity contribution in [2.24, 2.45) is 0 Å². The van der Waals surface area contributed by atoms with Crippen LogP contribution in [0.4, 0.5) is 5.69 Å². The number of esters is 1. The Labute approximate surface area is 126 Å². The summed E-state index contributed by atoms with van der Waals surface area (Å²) in [5, 5.41) is 3.21. The Morgan fingerprint density at radius 3 is 2.55 bits per heavy atom. The van der Waals surface area contributed by atoms with E-state index in [0.717, 1.165) is 10.2 Å². The fourth-order valence-electron chi connectivity index (χ4n) is 1.91. The highest BCUT2D eigenvalue weighted by atomic mass is 79.9. The molecule has 0 aliphatic carbocycles. The van der Waals surface area contributed by atoms with Crippen molar-refractivity contribution in [1.82, 2.24) is 4.98 Å². The molecule has 20 heavy (non-hydrogen) atoms. The Morgan fingerprint density at radius 2 is 1.95 bits per heavy atom. The van der Waals surface area contributed by atoms with Gasteiger partial charge in [0.05, 0.1) is 12.8 Å². The largest absolute Gasteiger partial charge is 0.467 e. The second kappa shape index (κ2) is 6.05. The Balaban J connectivity index is 2.44. The van der Waals surface area contributed by atoms with Crippen molar-refractivity contribution in [3.63, 3.8) is 0 Å². The van der Waals surface area contributed by atoms with E-state index in [1.54, 1.807) is 25.3 Å². The van der Waals surface area contributed by atoms with Gasteiger partial charge in [0.15, 0.2) is 5.54 Å². The highest BCUT2D eigenvalue weighted by molar-refractivity contribution is 9.10. The van der Waals surface area contributed by atoms with Gasteiger partial charge in [-0.25, -0.2) is 4.79 Å². The lowest BCUT2D eigenvalue weighted by molar-refractivity contribution is -0.145. The van der Waals surface area contributed by atoms with Crippen LogP contribution in [-0.2, 0) is 15.1 Å². The summed E-state index contributed by atoms with van der Waals surface area (Å²) < 4.78 is 5.79. The van der Waals surface area contributed by atoms with Gasteiger partial charge in [-0.3, -0.25) is 4.98 Å². The van der Waals surface area contributed by atoms with E-state index in [1.165, 1.54) is 7.11 Å². The first-order chi connectivity index (χ1) is 9.58. The number of carbonyl (C=O) groups excluding carboxylic acids is 1. The molecule has 0 spiro atoms. The average molecular weight is 335 g/mol. The van der Waals surface area contributed by atoms with Gasteiger partial charge in [-0.2, -0.15) is 0 Å². The van der Waals surface area contributed by atoms with Gasteiger partial charge in [-0.1, -0.05) is 18.2 Å². The van der Waals surface area contributed by atoms with Crippen LogP contribution in [-0.4, -0.2) is 18.1 Å². The Bertz CT molecular complexity index is 604. The van der Waals surface area contributed by atoms with Crippen LogP contribution < -0.4 is 5.32 Å². The Kier molecular flexibility index (Phi) is 4.39. The minimum Gasteiger partial charge on any atom is -0.467 e. The quantitative estimate of drug-likeness (QED) is 0.871. The van der Waals surface area contributed by atoms with Gasteiger partial charge in [-0.05, 0) is 47.1 Å². The van der Waals surface area contributed by atoms with Crippen molar-refractivity contribution in [3.05, 3.63) is 58.8 Å². The molecule has 1 unspecified atom stereocenters. The van der Waals surface area contributed by atoms with Gasteiger partial charge in [0.2, 0.25) is 0 Å². The molecule has 2 aromatic rings. The number of benzene rings is 1. The topological polar surface area (TPSA) is 51.2 Å². The molecule has 0 radical (unpaired) electrons. The molecular weight excluding hydrogens is 320 g/mol. The molecule has 4 nitrogen and oxygen atoms in total. The molecule has 104 valence electrons. The number of carbonyl (C=O) groups is 1. The minimum absolute atomic E-state index is 0.396. The molecule has 0 aliphatic heterocycles. The number of hydrogen-bond donors (Lipinski definition) is 1. The molecule has 0 aliphatic rings. The molecule has 0 saturated carbocycles. The number of aromatic nitrogens is 1. The van der Waals surface area contributed by atoms with Gasteiger partial charge in [0.1, 0.15) is 0 Å². The van der Waals surface area contributed by atoms with Crippen molar-refractivity contribution in [3.8, 4) is 0 Å². The zero-order valence-corrected chi connectivity index (χ0v) is 12.8. The predicted octanol–water partition coefficient (Wildman–Crippen LogP) is 3.34. The summed E-state index contributed by atoms with van der Waals surface area (Å²) in [5.74, 6) is -0.396. The number of anilines is 1. The fourth-order valence-corrected chi connectivity index (χ4v) is 2.30. The zero-order valence-electron chi connectivity index (χ0n) is 11.3. The second-order valence-corrected chi connectivity index (χ2v) is 5.29. The number of ether oxygens (including phenoxy) is 1. The molecule has 1 N–H and O–H groups in total. The van der Waals surface area contributed by atoms with Crippen LogP contribution in [0.15, 0.2) is 53.1 Å². The van der Waals surface area contributed by atoms with Crippen molar-refractivity contribution in [1.29, 1.82) is 0 Å². The summed E-state index contributed by atoms with van der Waals surface area (Å²) in [5.41, 5.74) is 0.341. The van der Waals surface area contributed by atoms with Gasteiger partial charge in [0, 0.05) is 16.4 Å². The van der Waals surface area contributed by atoms with Crippen LogP contribution in [0, 0.1) is 0 Å². The van der Waals surface area contributed by atoms with Crippen LogP contribution in [0.3, 0.4) is 0 Å². The molecule has 1 aromatic carbocycles. The lowest BCUT2D eigenvalue weighted by Crippen LogP contribution is -2.42. The third-order valence-corrected chi connectivity index (χ3v) is 3.72. The van der Waals surface area contributed by atoms with Crippen LogP contribution >= 0.6 is 15.9 Å². The maximum atomic E-state index is 12.2. The molecule has 0 bridgehead atoms. The highest BCUT2D eigenvalue weighted by Crippen LogP contribution is 2.30. The lowest BCUT2D eigenvalue weighted by Gasteiger charge is -2.28. The first-order valence-corrected chi connectivity index (χ1v) is 6.90. The van der Waals surface area contributed by atoms with Crippen molar-refractivity contribution >= 4 is 27.6 Å². The predicted molar refractivity (Wildman–Crippen MR) is 81.4 cm³/mol. The van der Waals surface area contributed by atoms with E-state index in [-0.39, 0.29) is 0 Å². The molecule has 5 heteroatoms. The summed E-state index contributed by atoms with van der Waals surface area (Å²) in [4.78, 5) is 16.5. The lowest BCUT2D eigenvalue weighted by atomic mass is 9.96. The van der Waals surface area contributed by atoms with E-state index < -0.39 is 11.5 Å². The third kappa shape index (κ3) is 2.82. The molecule has 0 fully saturated rings. The van der Waals surface area contributed by atoms with Crippen molar-refractivity contribution in [2.75, 3.05) is 12.4 Å². The molecule has 1 heterocycles. The third-order valence-electron chi connectivity index (χ3n) is 3.03. The van der Waals surface area contributed by atoms with Crippen LogP contribution in [0.1, 0.15) is 12.6 Å². The summed E-state index contributed by atoms with van der Waals surface area (Å²) in [6, 6.07) is 13.0. The van der Waals surface area contributed by atoms with E-state index in [4.69, 9.17) is 4.74 Å². The number of rotatable bonds is 4. The number of nitrogens with zero attached hydrogens (tertiary/aromatic N) is 1. The van der Waals surface area contributed by atoms with Gasteiger partial charge < -0.3 is 10.1 Å². The number of nitrogens with one attached hydrogen (secondary N) is 1. The Morgan fingerprint density at radius 1 is 1.25 bits per heavy atom. The fraction of sp³-hybridized carbons (Fsp3) is 0.200. The zero-order chi connectivity index (χ0) is 14.6. The van der Waals surface area contributed by atoms with Gasteiger partial charge >= 0.3 is 5.97 Å². The highest BCUT2D eigenvalue weighted by Gasteiger charge is 2.38. The normalized spacial score (nSPS) is 13.3. The number of pyridine rings is 1. The maximum Gasteiger partial charge on any atom is 0.337 e. The number of hydrogen-bond acceptors (Lipinski definition) is 4. The van der Waals surface area contributed by atoms with E-state index in [0.29, 0.717) is 5.69 Å². The smallest absolute Gasteiger partial charge is 0.337 e. The molecule has 1 atom stereocenters. The van der Waals surface area contributed by atoms with Crippen LogP contribution in [0.25, 0.3) is 0 Å². The van der Waals surface area contributed by atoms with E-state index in [2.05, 4.69) is 26.2 Å². The summed E-state index contributed by atoms with van der Waals surface area (Å²) in [6.07, 6.45) is 1.65. The van der Waals surface area contributed by atoms with Crippen molar-refractivity contribution < 1.29 is 9.53 Å². The molecule has 2 rings (SSSR count). The minimum atomic E-state index is -1.06. The van der Waals surface area contributed by atoms with Gasteiger partial charge in [-0.15, -0.1) is 0 Å². The first kappa shape index (κ1) is 14.5. The van der Waals surface area contributed by atoms with Crippen LogP contribution in [0.2, 0.25) is 0 Å². The Hall–Kier alpha value is -1.88. The van der Waals surface area contributed by atoms with E-state index >= 15 is 0 Å². The first-order valence-electron chi connectivity index (χ1n) is 6.10. The molecule has 0 saturated heterocycles. The molecule has 1 aromatic heterocycles. The second-order valence-electron chi connectivity index (χ2n) is 4.44. The van der Waals surface area contributed by atoms with Crippen molar-refractivity contribution in [2.45, 2.75) is 12.5 Å². The standard InChI is InChI=1S/C15H15BrN2O2/c1-15(14(19)20-2,13-9-5-6-10-17-13)18-12-8-4-3-7-11(12)16/h3-10,18H,1-2H3. The molecule has 0 amide bonds. The van der Waals surface area contributed by atoms with E-state index in [1.807, 2.05) is 30.3 Å². The van der Waals surface area contributed by atoms with Crippen LogP contribution in [0.5, 0.6) is 0 Å². The molecular formula is C15H15BrN2O2. The van der Waals surface area contributed by atoms with Gasteiger partial charge in [0.25, 0.3) is 0 Å². The SMILES string of the molecule is COC(=O)C(C)(Nc1ccccc1Br)c1ccccn1. The monoisotopic (exact) mass is 334 g/mol. The average Bonchev–Trinajstić information content (AvgIpc) is 2.49.